The first-order valence-electron chi connectivity index (χ1n) is 6.02. The van der Waals surface area contributed by atoms with Gasteiger partial charge in [-0.2, -0.15) is 5.10 Å². The number of aromatic nitrogens is 2. The predicted octanol–water partition coefficient (Wildman–Crippen LogP) is 1.83. The number of benzene rings is 1. The van der Waals surface area contributed by atoms with E-state index in [4.69, 9.17) is 5.11 Å². The van der Waals surface area contributed by atoms with Crippen molar-refractivity contribution in [2.24, 2.45) is 0 Å². The molecule has 2 rings (SSSR count). The van der Waals surface area contributed by atoms with E-state index in [0.29, 0.717) is 30.8 Å². The molecule has 0 atom stereocenters. The quantitative estimate of drug-likeness (QED) is 0.700. The van der Waals surface area contributed by atoms with Crippen LogP contribution in [0.3, 0.4) is 0 Å². The number of halogens is 2. The summed E-state index contributed by atoms with van der Waals surface area (Å²) in [6.07, 6.45) is 2.16. The van der Waals surface area contributed by atoms with Gasteiger partial charge in [0.05, 0.1) is 17.5 Å². The molecular formula is C13H15F2N3O. The Morgan fingerprint density at radius 1 is 1.26 bits per heavy atom. The largest absolute Gasteiger partial charge is 0.396 e. The number of aromatic amines is 1. The van der Waals surface area contributed by atoms with Gasteiger partial charge in [-0.3, -0.25) is 5.10 Å². The highest BCUT2D eigenvalue weighted by Crippen LogP contribution is 2.26. The van der Waals surface area contributed by atoms with Crippen molar-refractivity contribution in [3.63, 3.8) is 0 Å². The molecule has 0 spiro atoms. The summed E-state index contributed by atoms with van der Waals surface area (Å²) >= 11 is 0. The lowest BCUT2D eigenvalue weighted by Crippen LogP contribution is -2.16. The molecule has 3 N–H and O–H groups in total. The molecule has 0 unspecified atom stereocenters. The van der Waals surface area contributed by atoms with Gasteiger partial charge in [-0.1, -0.05) is 6.07 Å². The molecule has 0 amide bonds. The third-order valence-electron chi connectivity index (χ3n) is 2.76. The molecule has 6 heteroatoms. The third-order valence-corrected chi connectivity index (χ3v) is 2.76. The summed E-state index contributed by atoms with van der Waals surface area (Å²) in [5.74, 6) is -1.25. The van der Waals surface area contributed by atoms with Crippen LogP contribution in [0.5, 0.6) is 0 Å². The van der Waals surface area contributed by atoms with Gasteiger partial charge in [-0.05, 0) is 25.1 Å². The highest BCUT2D eigenvalue weighted by atomic mass is 19.1. The highest BCUT2D eigenvalue weighted by Gasteiger charge is 2.16. The standard InChI is InChI=1S/C13H15F2N3O/c14-10-3-1-4-11(15)12(10)13-9(8-17-18-13)7-16-5-2-6-19/h1,3-4,8,16,19H,2,5-7H2,(H,17,18). The van der Waals surface area contributed by atoms with Gasteiger partial charge in [-0.25, -0.2) is 8.78 Å². The number of nitrogens with zero attached hydrogens (tertiary/aromatic N) is 1. The summed E-state index contributed by atoms with van der Waals surface area (Å²) in [7, 11) is 0. The van der Waals surface area contributed by atoms with E-state index in [1.165, 1.54) is 24.4 Å². The van der Waals surface area contributed by atoms with Gasteiger partial charge < -0.3 is 10.4 Å². The van der Waals surface area contributed by atoms with Crippen LogP contribution in [0.25, 0.3) is 11.3 Å². The Kier molecular flexibility index (Phi) is 4.59. The van der Waals surface area contributed by atoms with Crippen LogP contribution < -0.4 is 5.32 Å². The van der Waals surface area contributed by atoms with Crippen molar-refractivity contribution in [1.82, 2.24) is 15.5 Å². The van der Waals surface area contributed by atoms with Gasteiger partial charge in [0.25, 0.3) is 0 Å². The lowest BCUT2D eigenvalue weighted by molar-refractivity contribution is 0.286. The van der Waals surface area contributed by atoms with Gasteiger partial charge in [0.2, 0.25) is 0 Å². The summed E-state index contributed by atoms with van der Waals surface area (Å²) in [5.41, 5.74) is 0.924. The van der Waals surface area contributed by atoms with Gasteiger partial charge >= 0.3 is 0 Å². The second-order valence-corrected chi connectivity index (χ2v) is 4.12. The number of aliphatic hydroxyl groups excluding tert-OH is 1. The second kappa shape index (κ2) is 6.40. The molecule has 0 radical (unpaired) electrons. The zero-order chi connectivity index (χ0) is 13.7. The van der Waals surface area contributed by atoms with Crippen LogP contribution >= 0.6 is 0 Å². The Balaban J connectivity index is 2.19. The fourth-order valence-corrected chi connectivity index (χ4v) is 1.83. The van der Waals surface area contributed by atoms with Gasteiger partial charge in [-0.15, -0.1) is 0 Å². The maximum Gasteiger partial charge on any atom is 0.135 e. The normalized spacial score (nSPS) is 10.9. The van der Waals surface area contributed by atoms with E-state index in [0.717, 1.165) is 0 Å². The first-order valence-corrected chi connectivity index (χ1v) is 6.02. The molecule has 0 aliphatic rings. The number of H-pyrrole nitrogens is 1. The molecule has 19 heavy (non-hydrogen) atoms. The third kappa shape index (κ3) is 3.15. The fourth-order valence-electron chi connectivity index (χ4n) is 1.83. The van der Waals surface area contributed by atoms with Gasteiger partial charge in [0, 0.05) is 18.7 Å². The molecule has 102 valence electrons. The number of nitrogens with one attached hydrogen (secondary N) is 2. The van der Waals surface area contributed by atoms with E-state index in [-0.39, 0.29) is 12.2 Å². The molecule has 0 bridgehead atoms. The summed E-state index contributed by atoms with van der Waals surface area (Å²) in [5, 5.41) is 18.2. The molecule has 0 fully saturated rings. The summed E-state index contributed by atoms with van der Waals surface area (Å²) in [6.45, 7) is 1.16. The van der Waals surface area contributed by atoms with Crippen LogP contribution in [0.2, 0.25) is 0 Å². The average Bonchev–Trinajstić information content (AvgIpc) is 2.83. The van der Waals surface area contributed by atoms with Crippen molar-refractivity contribution in [2.75, 3.05) is 13.2 Å². The van der Waals surface area contributed by atoms with Crippen molar-refractivity contribution in [3.05, 3.63) is 41.6 Å². The molecular weight excluding hydrogens is 252 g/mol. The Morgan fingerprint density at radius 2 is 2.00 bits per heavy atom. The summed E-state index contributed by atoms with van der Waals surface area (Å²) < 4.78 is 27.4. The van der Waals surface area contributed by atoms with E-state index in [2.05, 4.69) is 15.5 Å². The van der Waals surface area contributed by atoms with Crippen LogP contribution in [0.1, 0.15) is 12.0 Å². The van der Waals surface area contributed by atoms with E-state index in [1.54, 1.807) is 0 Å². The fraction of sp³-hybridized carbons (Fsp3) is 0.308. The van der Waals surface area contributed by atoms with Crippen LogP contribution in [0.15, 0.2) is 24.4 Å². The SMILES string of the molecule is OCCCNCc1cn[nH]c1-c1c(F)cccc1F. The van der Waals surface area contributed by atoms with Crippen molar-refractivity contribution < 1.29 is 13.9 Å². The zero-order valence-electron chi connectivity index (χ0n) is 10.3. The van der Waals surface area contributed by atoms with Crippen molar-refractivity contribution in [2.45, 2.75) is 13.0 Å². The summed E-state index contributed by atoms with van der Waals surface area (Å²) in [4.78, 5) is 0. The predicted molar refractivity (Wildman–Crippen MR) is 67.3 cm³/mol. The first-order chi connectivity index (χ1) is 9.24. The highest BCUT2D eigenvalue weighted by molar-refractivity contribution is 5.64. The molecule has 0 saturated carbocycles. The Hall–Kier alpha value is -1.79. The molecule has 0 aliphatic heterocycles. The molecule has 4 nitrogen and oxygen atoms in total. The van der Waals surface area contributed by atoms with Gasteiger partial charge in [0.1, 0.15) is 11.6 Å². The van der Waals surface area contributed by atoms with Crippen LogP contribution in [0.4, 0.5) is 8.78 Å². The summed E-state index contributed by atoms with van der Waals surface area (Å²) in [6, 6.07) is 3.74. The van der Waals surface area contributed by atoms with Crippen LogP contribution in [-0.2, 0) is 6.54 Å². The van der Waals surface area contributed by atoms with Crippen molar-refractivity contribution in [3.8, 4) is 11.3 Å². The van der Waals surface area contributed by atoms with Crippen molar-refractivity contribution >= 4 is 0 Å². The second-order valence-electron chi connectivity index (χ2n) is 4.12. The van der Waals surface area contributed by atoms with E-state index in [9.17, 15) is 8.78 Å². The smallest absolute Gasteiger partial charge is 0.135 e. The van der Waals surface area contributed by atoms with Crippen molar-refractivity contribution in [1.29, 1.82) is 0 Å². The van der Waals surface area contributed by atoms with E-state index >= 15 is 0 Å². The maximum absolute atomic E-state index is 13.7. The van der Waals surface area contributed by atoms with Crippen LogP contribution in [0, 0.1) is 11.6 Å². The molecule has 1 heterocycles. The average molecular weight is 267 g/mol. The Bertz CT molecular complexity index is 522. The maximum atomic E-state index is 13.7. The number of hydrogen-bond acceptors (Lipinski definition) is 3. The zero-order valence-corrected chi connectivity index (χ0v) is 10.3. The van der Waals surface area contributed by atoms with E-state index in [1.807, 2.05) is 0 Å². The number of hydrogen-bond donors (Lipinski definition) is 3. The molecule has 1 aromatic carbocycles. The molecule has 2 aromatic rings. The van der Waals surface area contributed by atoms with Gasteiger partial charge in [0.15, 0.2) is 0 Å². The molecule has 0 saturated heterocycles. The minimum atomic E-state index is -0.624. The lowest BCUT2D eigenvalue weighted by Gasteiger charge is -2.07. The topological polar surface area (TPSA) is 60.9 Å². The minimum Gasteiger partial charge on any atom is -0.396 e. The minimum absolute atomic E-state index is 0.0982. The lowest BCUT2D eigenvalue weighted by atomic mass is 10.1. The number of aliphatic hydroxyl groups is 1. The first kappa shape index (κ1) is 13.6. The monoisotopic (exact) mass is 267 g/mol. The van der Waals surface area contributed by atoms with E-state index < -0.39 is 11.6 Å². The molecule has 0 aliphatic carbocycles. The number of rotatable bonds is 6. The van der Waals surface area contributed by atoms with Crippen LogP contribution in [-0.4, -0.2) is 28.5 Å². The molecule has 1 aromatic heterocycles. The Labute approximate surface area is 109 Å². The Morgan fingerprint density at radius 3 is 2.68 bits per heavy atom.